The number of imide groups is 1. The molecule has 2 rings (SSSR count). The van der Waals surface area contributed by atoms with E-state index in [1.807, 2.05) is 0 Å². The Labute approximate surface area is 141 Å². The molecule has 25 heavy (non-hydrogen) atoms. The van der Waals surface area contributed by atoms with Gasteiger partial charge >= 0.3 is 6.03 Å². The number of benzene rings is 2. The lowest BCUT2D eigenvalue weighted by molar-refractivity contribution is 0.0827. The van der Waals surface area contributed by atoms with Crippen LogP contribution in [0.1, 0.15) is 20.7 Å². The first-order valence-electron chi connectivity index (χ1n) is 7.02. The third-order valence-electron chi connectivity index (χ3n) is 3.52. The molecule has 2 aromatic rings. The van der Waals surface area contributed by atoms with Crippen molar-refractivity contribution < 1.29 is 27.6 Å². The van der Waals surface area contributed by atoms with E-state index in [1.165, 1.54) is 19.2 Å². The predicted octanol–water partition coefficient (Wildman–Crippen LogP) is 3.24. The van der Waals surface area contributed by atoms with Gasteiger partial charge in [-0.3, -0.25) is 19.4 Å². The molecule has 0 atom stereocenters. The van der Waals surface area contributed by atoms with Gasteiger partial charge in [0.25, 0.3) is 5.91 Å². The summed E-state index contributed by atoms with van der Waals surface area (Å²) in [4.78, 5) is 36.4. The molecule has 0 heterocycles. The second-order valence-corrected chi connectivity index (χ2v) is 5.13. The van der Waals surface area contributed by atoms with Crippen molar-refractivity contribution in [1.82, 2.24) is 4.90 Å². The van der Waals surface area contributed by atoms with Crippen LogP contribution in [-0.2, 0) is 0 Å². The fourth-order valence-corrected chi connectivity index (χ4v) is 2.15. The lowest BCUT2D eigenvalue weighted by Crippen LogP contribution is -2.43. The minimum atomic E-state index is -1.21. The number of carbonyl (C=O) groups is 3. The van der Waals surface area contributed by atoms with E-state index < -0.39 is 35.0 Å². The molecule has 0 bridgehead atoms. The molecule has 8 heteroatoms. The highest BCUT2D eigenvalue weighted by atomic mass is 19.1. The molecule has 130 valence electrons. The number of anilines is 1. The van der Waals surface area contributed by atoms with Crippen molar-refractivity contribution in [3.8, 4) is 0 Å². The number of rotatable bonds is 3. The minimum Gasteiger partial charge on any atom is -0.298 e. The summed E-state index contributed by atoms with van der Waals surface area (Å²) in [7, 11) is 2.20. The average molecular weight is 350 g/mol. The molecule has 0 spiro atoms. The summed E-state index contributed by atoms with van der Waals surface area (Å²) in [6, 6.07) is 5.23. The SMILES string of the molecule is CN(C(=O)c1c(F)cccc1F)C(=O)N(C)c1ccc(C=O)cc1F. The van der Waals surface area contributed by atoms with E-state index in [2.05, 4.69) is 0 Å². The third-order valence-corrected chi connectivity index (χ3v) is 3.52. The van der Waals surface area contributed by atoms with E-state index in [1.54, 1.807) is 0 Å². The number of nitrogens with zero attached hydrogens (tertiary/aromatic N) is 2. The van der Waals surface area contributed by atoms with Gasteiger partial charge in [-0.15, -0.1) is 0 Å². The Morgan fingerprint density at radius 1 is 0.960 bits per heavy atom. The van der Waals surface area contributed by atoms with Gasteiger partial charge < -0.3 is 0 Å². The molecule has 3 amide bonds. The molecule has 0 aliphatic rings. The molecule has 0 radical (unpaired) electrons. The summed E-state index contributed by atoms with van der Waals surface area (Å²) in [5.41, 5.74) is -1.02. The van der Waals surface area contributed by atoms with Crippen LogP contribution < -0.4 is 4.90 Å². The van der Waals surface area contributed by atoms with Crippen molar-refractivity contribution in [2.45, 2.75) is 0 Å². The van der Waals surface area contributed by atoms with Gasteiger partial charge in [0, 0.05) is 19.7 Å². The number of hydrogen-bond donors (Lipinski definition) is 0. The normalized spacial score (nSPS) is 10.3. The largest absolute Gasteiger partial charge is 0.331 e. The highest BCUT2D eigenvalue weighted by Crippen LogP contribution is 2.21. The number of hydrogen-bond acceptors (Lipinski definition) is 3. The molecule has 0 aromatic heterocycles. The molecule has 0 saturated heterocycles. The van der Waals surface area contributed by atoms with Gasteiger partial charge in [-0.1, -0.05) is 6.07 Å². The van der Waals surface area contributed by atoms with Crippen LogP contribution in [0.4, 0.5) is 23.7 Å². The Morgan fingerprint density at radius 2 is 1.56 bits per heavy atom. The van der Waals surface area contributed by atoms with E-state index in [0.717, 1.165) is 36.2 Å². The summed E-state index contributed by atoms with van der Waals surface area (Å²) in [5.74, 6) is -4.31. The number of halogens is 3. The Bertz CT molecular complexity index is 835. The van der Waals surface area contributed by atoms with Crippen LogP contribution in [0.25, 0.3) is 0 Å². The Hall–Kier alpha value is -3.16. The zero-order valence-electron chi connectivity index (χ0n) is 13.3. The fraction of sp³-hybridized carbons (Fsp3) is 0.118. The predicted molar refractivity (Wildman–Crippen MR) is 84.0 cm³/mol. The van der Waals surface area contributed by atoms with Crippen LogP contribution in [0.2, 0.25) is 0 Å². The lowest BCUT2D eigenvalue weighted by Gasteiger charge is -2.24. The Morgan fingerprint density at radius 3 is 2.08 bits per heavy atom. The van der Waals surface area contributed by atoms with E-state index in [9.17, 15) is 27.6 Å². The van der Waals surface area contributed by atoms with Crippen molar-refractivity contribution in [2.24, 2.45) is 0 Å². The van der Waals surface area contributed by atoms with Gasteiger partial charge in [-0.05, 0) is 30.3 Å². The molecule has 5 nitrogen and oxygen atoms in total. The van der Waals surface area contributed by atoms with Gasteiger partial charge in [-0.2, -0.15) is 0 Å². The van der Waals surface area contributed by atoms with Crippen LogP contribution >= 0.6 is 0 Å². The maximum atomic E-state index is 14.0. The van der Waals surface area contributed by atoms with Gasteiger partial charge in [-0.25, -0.2) is 18.0 Å². The maximum Gasteiger partial charge on any atom is 0.331 e. The van der Waals surface area contributed by atoms with Gasteiger partial charge in [0.05, 0.1) is 5.69 Å². The first-order chi connectivity index (χ1) is 11.8. The topological polar surface area (TPSA) is 57.7 Å². The zero-order chi connectivity index (χ0) is 18.7. The Balaban J connectivity index is 2.30. The number of urea groups is 1. The van der Waals surface area contributed by atoms with Crippen LogP contribution in [0.15, 0.2) is 36.4 Å². The fourth-order valence-electron chi connectivity index (χ4n) is 2.15. The molecule has 0 saturated carbocycles. The van der Waals surface area contributed by atoms with Crippen molar-refractivity contribution in [3.63, 3.8) is 0 Å². The van der Waals surface area contributed by atoms with Crippen molar-refractivity contribution >= 4 is 23.9 Å². The van der Waals surface area contributed by atoms with Crippen LogP contribution in [-0.4, -0.2) is 37.2 Å². The summed E-state index contributed by atoms with van der Waals surface area (Å²) >= 11 is 0. The van der Waals surface area contributed by atoms with Crippen molar-refractivity contribution in [1.29, 1.82) is 0 Å². The van der Waals surface area contributed by atoms with E-state index in [0.29, 0.717) is 11.2 Å². The minimum absolute atomic E-state index is 0.0694. The highest BCUT2D eigenvalue weighted by molar-refractivity contribution is 6.08. The monoisotopic (exact) mass is 350 g/mol. The van der Waals surface area contributed by atoms with Crippen LogP contribution in [0, 0.1) is 17.5 Å². The maximum absolute atomic E-state index is 14.0. The van der Waals surface area contributed by atoms with E-state index in [-0.39, 0.29) is 11.3 Å². The lowest BCUT2D eigenvalue weighted by atomic mass is 10.1. The molecule has 0 N–H and O–H groups in total. The number of carbonyl (C=O) groups excluding carboxylic acids is 3. The molecule has 0 aliphatic heterocycles. The van der Waals surface area contributed by atoms with Crippen molar-refractivity contribution in [2.75, 3.05) is 19.0 Å². The smallest absolute Gasteiger partial charge is 0.298 e. The molecule has 2 aromatic carbocycles. The van der Waals surface area contributed by atoms with Crippen molar-refractivity contribution in [3.05, 3.63) is 65.0 Å². The first-order valence-corrected chi connectivity index (χ1v) is 7.02. The van der Waals surface area contributed by atoms with Crippen LogP contribution in [0.3, 0.4) is 0 Å². The molecule has 0 fully saturated rings. The summed E-state index contributed by atoms with van der Waals surface area (Å²) in [6.07, 6.45) is 0.436. The summed E-state index contributed by atoms with van der Waals surface area (Å²) in [6.45, 7) is 0. The number of amides is 3. The second kappa shape index (κ2) is 7.16. The molecular weight excluding hydrogens is 337 g/mol. The van der Waals surface area contributed by atoms with E-state index in [4.69, 9.17) is 0 Å². The number of aldehydes is 1. The zero-order valence-corrected chi connectivity index (χ0v) is 13.3. The summed E-state index contributed by atoms with van der Waals surface area (Å²) in [5, 5.41) is 0. The quantitative estimate of drug-likeness (QED) is 0.799. The average Bonchev–Trinajstić information content (AvgIpc) is 2.59. The molecule has 0 unspecified atom stereocenters. The summed E-state index contributed by atoms with van der Waals surface area (Å²) < 4.78 is 41.4. The van der Waals surface area contributed by atoms with E-state index >= 15 is 0 Å². The highest BCUT2D eigenvalue weighted by Gasteiger charge is 2.28. The second-order valence-electron chi connectivity index (χ2n) is 5.13. The first kappa shape index (κ1) is 18.2. The molecular formula is C17H13F3N2O3. The van der Waals surface area contributed by atoms with Gasteiger partial charge in [0.15, 0.2) is 0 Å². The van der Waals surface area contributed by atoms with Gasteiger partial charge in [0.1, 0.15) is 29.3 Å². The van der Waals surface area contributed by atoms with Crippen LogP contribution in [0.5, 0.6) is 0 Å². The third kappa shape index (κ3) is 3.52. The molecule has 0 aliphatic carbocycles. The standard InChI is InChI=1S/C17H13F3N2O3/c1-21(14-7-6-10(9-23)8-13(14)20)17(25)22(2)16(24)15-11(18)4-3-5-12(15)19/h3-9H,1-2H3. The Kier molecular flexibility index (Phi) is 5.21. The van der Waals surface area contributed by atoms with Gasteiger partial charge in [0.2, 0.25) is 0 Å².